The zero-order valence-corrected chi connectivity index (χ0v) is 11.1. The number of halogens is 2. The Bertz CT molecular complexity index is 338. The highest BCUT2D eigenvalue weighted by Crippen LogP contribution is 2.19. The lowest BCUT2D eigenvalue weighted by molar-refractivity contribution is 0.151. The maximum Gasteiger partial charge on any atom is 0.263 e. The molecule has 0 bridgehead atoms. The van der Waals surface area contributed by atoms with E-state index in [2.05, 4.69) is 24.1 Å². The molecule has 0 saturated heterocycles. The summed E-state index contributed by atoms with van der Waals surface area (Å²) in [5, 5.41) is 3.28. The third-order valence-electron chi connectivity index (χ3n) is 3.03. The summed E-state index contributed by atoms with van der Waals surface area (Å²) in [6, 6.07) is 6.58. The first-order chi connectivity index (χ1) is 8.67. The smallest absolute Gasteiger partial charge is 0.263 e. The van der Waals surface area contributed by atoms with E-state index in [-0.39, 0.29) is 5.56 Å². The minimum absolute atomic E-state index is 0.0954. The summed E-state index contributed by atoms with van der Waals surface area (Å²) in [5.41, 5.74) is 1.00. The van der Waals surface area contributed by atoms with Gasteiger partial charge in [0.05, 0.1) is 0 Å². The minimum Gasteiger partial charge on any atom is -0.311 e. The number of rotatable bonds is 8. The number of nitrogens with zero attached hydrogens (tertiary/aromatic N) is 1. The van der Waals surface area contributed by atoms with Crippen molar-refractivity contribution in [2.75, 3.05) is 26.2 Å². The van der Waals surface area contributed by atoms with Gasteiger partial charge < -0.3 is 10.2 Å². The summed E-state index contributed by atoms with van der Waals surface area (Å²) in [6.45, 7) is 8.85. The van der Waals surface area contributed by atoms with Crippen LogP contribution in [0.1, 0.15) is 31.4 Å². The molecule has 102 valence electrons. The number of hydrogen-bond donors (Lipinski definition) is 1. The second-order valence-corrected chi connectivity index (χ2v) is 4.25. The van der Waals surface area contributed by atoms with E-state index in [1.54, 1.807) is 12.1 Å². The lowest BCUT2D eigenvalue weighted by Gasteiger charge is -2.18. The van der Waals surface area contributed by atoms with Crippen LogP contribution in [0.4, 0.5) is 8.78 Å². The van der Waals surface area contributed by atoms with Crippen LogP contribution in [0.25, 0.3) is 0 Å². The molecule has 1 rings (SSSR count). The predicted octanol–water partition coefficient (Wildman–Crippen LogP) is 3.06. The average molecular weight is 256 g/mol. The van der Waals surface area contributed by atoms with Gasteiger partial charge in [0.15, 0.2) is 0 Å². The first-order valence-corrected chi connectivity index (χ1v) is 6.47. The Morgan fingerprint density at radius 1 is 1.22 bits per heavy atom. The van der Waals surface area contributed by atoms with Crippen LogP contribution < -0.4 is 5.32 Å². The fourth-order valence-electron chi connectivity index (χ4n) is 1.85. The fourth-order valence-corrected chi connectivity index (χ4v) is 1.85. The largest absolute Gasteiger partial charge is 0.311 e. The van der Waals surface area contributed by atoms with E-state index in [1.807, 2.05) is 6.07 Å². The van der Waals surface area contributed by atoms with Gasteiger partial charge >= 0.3 is 0 Å². The van der Waals surface area contributed by atoms with Gasteiger partial charge in [-0.3, -0.25) is 0 Å². The molecule has 0 atom stereocenters. The zero-order chi connectivity index (χ0) is 13.4. The lowest BCUT2D eigenvalue weighted by Crippen LogP contribution is -2.31. The number of nitrogens with one attached hydrogen (secondary N) is 1. The van der Waals surface area contributed by atoms with Crippen molar-refractivity contribution in [2.45, 2.75) is 26.8 Å². The zero-order valence-electron chi connectivity index (χ0n) is 11.1. The molecule has 0 aromatic heterocycles. The molecule has 0 heterocycles. The SMILES string of the molecule is CCN(CC)CCNCc1cccc(C(F)F)c1. The Hall–Kier alpha value is -1.00. The molecule has 18 heavy (non-hydrogen) atoms. The van der Waals surface area contributed by atoms with Crippen LogP contribution in [0, 0.1) is 0 Å². The van der Waals surface area contributed by atoms with E-state index in [9.17, 15) is 8.78 Å². The molecule has 0 aliphatic carbocycles. The average Bonchev–Trinajstić information content (AvgIpc) is 2.39. The van der Waals surface area contributed by atoms with Crippen molar-refractivity contribution in [3.8, 4) is 0 Å². The first kappa shape index (κ1) is 15.1. The van der Waals surface area contributed by atoms with Crippen LogP contribution in [-0.4, -0.2) is 31.1 Å². The Labute approximate surface area is 108 Å². The van der Waals surface area contributed by atoms with Gasteiger partial charge in [0.2, 0.25) is 0 Å². The highest BCUT2D eigenvalue weighted by Gasteiger charge is 2.06. The standard InChI is InChI=1S/C14H22F2N2/c1-3-18(4-2)9-8-17-11-12-6-5-7-13(10-12)14(15)16/h5-7,10,14,17H,3-4,8-9,11H2,1-2H3. The second-order valence-electron chi connectivity index (χ2n) is 4.25. The third-order valence-corrected chi connectivity index (χ3v) is 3.03. The van der Waals surface area contributed by atoms with E-state index in [1.165, 1.54) is 6.07 Å². The normalized spacial score (nSPS) is 11.4. The maximum atomic E-state index is 12.5. The van der Waals surface area contributed by atoms with Crippen molar-refractivity contribution in [1.82, 2.24) is 10.2 Å². The summed E-state index contributed by atoms with van der Waals surface area (Å²) in [4.78, 5) is 2.32. The molecule has 0 saturated carbocycles. The van der Waals surface area contributed by atoms with Crippen molar-refractivity contribution in [3.05, 3.63) is 35.4 Å². The van der Waals surface area contributed by atoms with Crippen LogP contribution in [0.3, 0.4) is 0 Å². The third kappa shape index (κ3) is 5.10. The molecule has 2 nitrogen and oxygen atoms in total. The van der Waals surface area contributed by atoms with E-state index in [4.69, 9.17) is 0 Å². The summed E-state index contributed by atoms with van der Waals surface area (Å²) >= 11 is 0. The van der Waals surface area contributed by atoms with Crippen molar-refractivity contribution >= 4 is 0 Å². The molecule has 0 fully saturated rings. The van der Waals surface area contributed by atoms with Gasteiger partial charge in [-0.1, -0.05) is 32.0 Å². The molecular weight excluding hydrogens is 234 g/mol. The van der Waals surface area contributed by atoms with Gasteiger partial charge in [-0.05, 0) is 24.7 Å². The molecule has 0 spiro atoms. The van der Waals surface area contributed by atoms with Crippen molar-refractivity contribution in [2.24, 2.45) is 0 Å². The van der Waals surface area contributed by atoms with Gasteiger partial charge in [-0.2, -0.15) is 0 Å². The van der Waals surface area contributed by atoms with Crippen LogP contribution in [0.2, 0.25) is 0 Å². The molecule has 0 aliphatic rings. The van der Waals surface area contributed by atoms with Gasteiger partial charge in [-0.15, -0.1) is 0 Å². The Morgan fingerprint density at radius 3 is 2.56 bits per heavy atom. The van der Waals surface area contributed by atoms with E-state index < -0.39 is 6.43 Å². The van der Waals surface area contributed by atoms with Gasteiger partial charge in [-0.25, -0.2) is 8.78 Å². The van der Waals surface area contributed by atoms with Crippen molar-refractivity contribution < 1.29 is 8.78 Å². The Kier molecular flexibility index (Phi) is 6.83. The van der Waals surface area contributed by atoms with Crippen molar-refractivity contribution in [1.29, 1.82) is 0 Å². The van der Waals surface area contributed by atoms with E-state index in [0.29, 0.717) is 6.54 Å². The maximum absolute atomic E-state index is 12.5. The highest BCUT2D eigenvalue weighted by atomic mass is 19.3. The highest BCUT2D eigenvalue weighted by molar-refractivity contribution is 5.24. The van der Waals surface area contributed by atoms with Crippen LogP contribution in [-0.2, 0) is 6.54 Å². The first-order valence-electron chi connectivity index (χ1n) is 6.47. The van der Waals surface area contributed by atoms with Crippen LogP contribution in [0.5, 0.6) is 0 Å². The topological polar surface area (TPSA) is 15.3 Å². The van der Waals surface area contributed by atoms with Gasteiger partial charge in [0.1, 0.15) is 0 Å². The van der Waals surface area contributed by atoms with Crippen LogP contribution in [0.15, 0.2) is 24.3 Å². The van der Waals surface area contributed by atoms with Crippen LogP contribution >= 0.6 is 0 Å². The Balaban J connectivity index is 2.33. The summed E-state index contributed by atoms with van der Waals surface area (Å²) in [5.74, 6) is 0. The molecule has 1 aromatic rings. The van der Waals surface area contributed by atoms with E-state index >= 15 is 0 Å². The van der Waals surface area contributed by atoms with Crippen molar-refractivity contribution in [3.63, 3.8) is 0 Å². The molecule has 0 amide bonds. The lowest BCUT2D eigenvalue weighted by atomic mass is 10.1. The summed E-state index contributed by atoms with van der Waals surface area (Å²) in [7, 11) is 0. The minimum atomic E-state index is -2.39. The second kappa shape index (κ2) is 8.16. The quantitative estimate of drug-likeness (QED) is 0.719. The number of alkyl halides is 2. The Morgan fingerprint density at radius 2 is 1.94 bits per heavy atom. The monoisotopic (exact) mass is 256 g/mol. The van der Waals surface area contributed by atoms with Gasteiger partial charge in [0.25, 0.3) is 6.43 Å². The molecule has 0 radical (unpaired) electrons. The molecular formula is C14H22F2N2. The molecule has 4 heteroatoms. The van der Waals surface area contributed by atoms with Gasteiger partial charge in [0, 0.05) is 25.2 Å². The predicted molar refractivity (Wildman–Crippen MR) is 70.9 cm³/mol. The fraction of sp³-hybridized carbons (Fsp3) is 0.571. The molecule has 1 N–H and O–H groups in total. The molecule has 0 unspecified atom stereocenters. The number of benzene rings is 1. The number of hydrogen-bond acceptors (Lipinski definition) is 2. The molecule has 0 aliphatic heterocycles. The summed E-state index contributed by atoms with van der Waals surface area (Å²) in [6.07, 6.45) is -2.39. The van der Waals surface area contributed by atoms with E-state index in [0.717, 1.165) is 31.7 Å². The molecule has 1 aromatic carbocycles. The summed E-state index contributed by atoms with van der Waals surface area (Å²) < 4.78 is 25.0. The number of likely N-dealkylation sites (N-methyl/N-ethyl adjacent to an activating group) is 1.